The third kappa shape index (κ3) is 2.75. The molecule has 0 aliphatic carbocycles. The largest absolute Gasteiger partial charge is 0.357 e. The molecule has 0 spiro atoms. The Balaban J connectivity index is 1.87. The predicted molar refractivity (Wildman–Crippen MR) is 102 cm³/mol. The van der Waals surface area contributed by atoms with Gasteiger partial charge in [0.25, 0.3) is 0 Å². The average Bonchev–Trinajstić information content (AvgIpc) is 3.06. The van der Waals surface area contributed by atoms with Crippen LogP contribution in [0.25, 0.3) is 16.6 Å². The van der Waals surface area contributed by atoms with Gasteiger partial charge in [-0.25, -0.2) is 9.50 Å². The monoisotopic (exact) mass is 345 g/mol. The minimum absolute atomic E-state index is 0.119. The third-order valence-electron chi connectivity index (χ3n) is 4.35. The smallest absolute Gasteiger partial charge is 0.246 e. The predicted octanol–water partition coefficient (Wildman–Crippen LogP) is 3.09. The Morgan fingerprint density at radius 2 is 1.81 bits per heavy atom. The first-order chi connectivity index (χ1) is 12.7. The maximum atomic E-state index is 12.5. The number of benzene rings is 2. The maximum absolute atomic E-state index is 12.5. The van der Waals surface area contributed by atoms with Crippen molar-refractivity contribution < 1.29 is 4.79 Å². The van der Waals surface area contributed by atoms with Crippen LogP contribution in [0.15, 0.2) is 60.7 Å². The number of rotatable bonds is 4. The van der Waals surface area contributed by atoms with Crippen molar-refractivity contribution in [2.45, 2.75) is 13.0 Å². The number of amides is 1. The molecule has 0 fully saturated rings. The minimum Gasteiger partial charge on any atom is -0.357 e. The summed E-state index contributed by atoms with van der Waals surface area (Å²) >= 11 is 0. The molecule has 0 unspecified atom stereocenters. The number of anilines is 1. The number of likely N-dealkylation sites (N-methyl/N-ethyl adjacent to an activating group) is 1. The second-order valence-electron chi connectivity index (χ2n) is 6.14. The van der Waals surface area contributed by atoms with Crippen molar-refractivity contribution in [3.05, 3.63) is 71.9 Å². The summed E-state index contributed by atoms with van der Waals surface area (Å²) in [6.45, 7) is 1.94. The van der Waals surface area contributed by atoms with E-state index in [2.05, 4.69) is 15.7 Å². The van der Waals surface area contributed by atoms with Crippen molar-refractivity contribution >= 4 is 28.3 Å². The fourth-order valence-corrected chi connectivity index (χ4v) is 3.11. The molecule has 2 heterocycles. The van der Waals surface area contributed by atoms with Crippen LogP contribution in [0.2, 0.25) is 0 Å². The summed E-state index contributed by atoms with van der Waals surface area (Å²) in [5.41, 5.74) is 3.46. The van der Waals surface area contributed by atoms with Crippen LogP contribution < -0.4 is 10.6 Å². The van der Waals surface area contributed by atoms with Crippen molar-refractivity contribution in [2.24, 2.45) is 0 Å². The Morgan fingerprint density at radius 1 is 1.08 bits per heavy atom. The van der Waals surface area contributed by atoms with Gasteiger partial charge in [-0.05, 0) is 24.6 Å². The van der Waals surface area contributed by atoms with Crippen LogP contribution in [0.1, 0.15) is 17.3 Å². The summed E-state index contributed by atoms with van der Waals surface area (Å²) in [4.78, 5) is 17.2. The van der Waals surface area contributed by atoms with E-state index in [1.807, 2.05) is 72.1 Å². The van der Waals surface area contributed by atoms with Crippen molar-refractivity contribution in [3.63, 3.8) is 0 Å². The third-order valence-corrected chi connectivity index (χ3v) is 4.35. The van der Waals surface area contributed by atoms with Crippen LogP contribution in [0.4, 0.5) is 5.82 Å². The van der Waals surface area contributed by atoms with E-state index in [1.54, 1.807) is 7.05 Å². The van der Waals surface area contributed by atoms with Crippen LogP contribution in [0.3, 0.4) is 0 Å². The molecule has 4 rings (SSSR count). The molecule has 2 N–H and O–H groups in total. The molecule has 2 aromatic carbocycles. The molecule has 6 heteroatoms. The molecule has 26 heavy (non-hydrogen) atoms. The highest BCUT2D eigenvalue weighted by molar-refractivity contribution is 5.94. The standard InChI is InChI=1S/C20H19N5O/c1-13-12-17-22-19(15-10-6-7-11-16(15)25(17)24-13)23-18(20(26)21-2)14-8-4-3-5-9-14/h3-12,18H,1-2H3,(H,21,26)(H,22,23)/t18-/m0/s1. The van der Waals surface area contributed by atoms with Gasteiger partial charge in [-0.2, -0.15) is 5.10 Å². The Hall–Kier alpha value is -3.41. The Kier molecular flexibility index (Phi) is 4.01. The summed E-state index contributed by atoms with van der Waals surface area (Å²) in [6.07, 6.45) is 0. The van der Waals surface area contributed by atoms with Gasteiger partial charge in [0.05, 0.1) is 11.2 Å². The van der Waals surface area contributed by atoms with E-state index in [9.17, 15) is 4.79 Å². The van der Waals surface area contributed by atoms with Crippen LogP contribution in [0.5, 0.6) is 0 Å². The Bertz CT molecular complexity index is 1090. The SMILES string of the molecule is CNC(=O)[C@@H](Nc1nc2cc(C)nn2c2ccccc12)c1ccccc1. The lowest BCUT2D eigenvalue weighted by atomic mass is 10.1. The minimum atomic E-state index is -0.538. The Morgan fingerprint density at radius 3 is 2.58 bits per heavy atom. The van der Waals surface area contributed by atoms with Crippen molar-refractivity contribution in [1.29, 1.82) is 0 Å². The molecular weight excluding hydrogens is 326 g/mol. The number of nitrogens with one attached hydrogen (secondary N) is 2. The van der Waals surface area contributed by atoms with Crippen molar-refractivity contribution in [1.82, 2.24) is 19.9 Å². The molecule has 130 valence electrons. The highest BCUT2D eigenvalue weighted by atomic mass is 16.2. The van der Waals surface area contributed by atoms with Crippen LogP contribution >= 0.6 is 0 Å². The lowest BCUT2D eigenvalue weighted by molar-refractivity contribution is -0.121. The molecule has 0 aliphatic rings. The summed E-state index contributed by atoms with van der Waals surface area (Å²) in [5, 5.41) is 11.5. The zero-order valence-electron chi connectivity index (χ0n) is 14.6. The lowest BCUT2D eigenvalue weighted by Crippen LogP contribution is -2.31. The number of hydrogen-bond donors (Lipinski definition) is 2. The number of fused-ring (bicyclic) bond motifs is 3. The van der Waals surface area contributed by atoms with E-state index in [0.29, 0.717) is 5.82 Å². The molecule has 2 aromatic heterocycles. The van der Waals surface area contributed by atoms with Crippen molar-refractivity contribution in [3.8, 4) is 0 Å². The fraction of sp³-hybridized carbons (Fsp3) is 0.150. The van der Waals surface area contributed by atoms with Gasteiger partial charge in [0, 0.05) is 18.5 Å². The van der Waals surface area contributed by atoms with Gasteiger partial charge in [-0.1, -0.05) is 42.5 Å². The van der Waals surface area contributed by atoms with E-state index in [-0.39, 0.29) is 5.91 Å². The summed E-state index contributed by atoms with van der Waals surface area (Å²) in [5.74, 6) is 0.539. The number of hydrogen-bond acceptors (Lipinski definition) is 4. The van der Waals surface area contributed by atoms with Gasteiger partial charge in [-0.15, -0.1) is 0 Å². The summed E-state index contributed by atoms with van der Waals surface area (Å²) < 4.78 is 1.83. The maximum Gasteiger partial charge on any atom is 0.246 e. The van der Waals surface area contributed by atoms with Gasteiger partial charge in [0.15, 0.2) is 5.65 Å². The van der Waals surface area contributed by atoms with Gasteiger partial charge in [0.1, 0.15) is 11.9 Å². The Labute approximate surface area is 150 Å². The second kappa shape index (κ2) is 6.48. The van der Waals surface area contributed by atoms with E-state index in [4.69, 9.17) is 4.98 Å². The first-order valence-electron chi connectivity index (χ1n) is 8.45. The molecule has 1 amide bonds. The van der Waals surface area contributed by atoms with Gasteiger partial charge >= 0.3 is 0 Å². The zero-order chi connectivity index (χ0) is 18.1. The van der Waals surface area contributed by atoms with E-state index >= 15 is 0 Å². The highest BCUT2D eigenvalue weighted by Crippen LogP contribution is 2.27. The number of carbonyl (C=O) groups excluding carboxylic acids is 1. The molecule has 0 bridgehead atoms. The van der Waals surface area contributed by atoms with E-state index < -0.39 is 6.04 Å². The summed E-state index contributed by atoms with van der Waals surface area (Å²) in [6, 6.07) is 18.9. The zero-order valence-corrected chi connectivity index (χ0v) is 14.6. The van der Waals surface area contributed by atoms with Gasteiger partial charge in [-0.3, -0.25) is 4.79 Å². The average molecular weight is 345 g/mol. The number of aromatic nitrogens is 3. The number of para-hydroxylation sites is 1. The van der Waals surface area contributed by atoms with Crippen LogP contribution in [0, 0.1) is 6.92 Å². The van der Waals surface area contributed by atoms with Gasteiger partial charge < -0.3 is 10.6 Å². The van der Waals surface area contributed by atoms with E-state index in [0.717, 1.165) is 27.8 Å². The number of aryl methyl sites for hydroxylation is 1. The van der Waals surface area contributed by atoms with E-state index in [1.165, 1.54) is 0 Å². The number of carbonyl (C=O) groups is 1. The van der Waals surface area contributed by atoms with Crippen LogP contribution in [-0.4, -0.2) is 27.6 Å². The fourth-order valence-electron chi connectivity index (χ4n) is 3.11. The number of nitrogens with zero attached hydrogens (tertiary/aromatic N) is 3. The first kappa shape index (κ1) is 16.1. The molecule has 6 nitrogen and oxygen atoms in total. The summed E-state index contributed by atoms with van der Waals surface area (Å²) in [7, 11) is 1.63. The lowest BCUT2D eigenvalue weighted by Gasteiger charge is -2.19. The molecule has 0 aliphatic heterocycles. The molecule has 0 saturated carbocycles. The van der Waals surface area contributed by atoms with Crippen LogP contribution in [-0.2, 0) is 4.79 Å². The van der Waals surface area contributed by atoms with Crippen molar-refractivity contribution in [2.75, 3.05) is 12.4 Å². The quantitative estimate of drug-likeness (QED) is 0.596. The molecule has 0 saturated heterocycles. The molecule has 4 aromatic rings. The first-order valence-corrected chi connectivity index (χ1v) is 8.45. The molecule has 0 radical (unpaired) electrons. The second-order valence-corrected chi connectivity index (χ2v) is 6.14. The topological polar surface area (TPSA) is 71.3 Å². The highest BCUT2D eigenvalue weighted by Gasteiger charge is 2.21. The molecular formula is C20H19N5O. The molecule has 1 atom stereocenters. The normalized spacial score (nSPS) is 12.2. The van der Waals surface area contributed by atoms with Gasteiger partial charge in [0.2, 0.25) is 5.91 Å².